The predicted octanol–water partition coefficient (Wildman–Crippen LogP) is 0.341. The molecule has 1 N–H and O–H groups in total. The minimum Gasteiger partial charge on any atom is -0.335 e. The lowest BCUT2D eigenvalue weighted by Gasteiger charge is -2.15. The maximum Gasteiger partial charge on any atom is 0.330 e. The second-order valence-corrected chi connectivity index (χ2v) is 5.74. The van der Waals surface area contributed by atoms with Crippen LogP contribution in [0.15, 0.2) is 15.7 Å². The molecule has 0 bridgehead atoms. The summed E-state index contributed by atoms with van der Waals surface area (Å²) in [6.07, 6.45) is 4.59. The minimum absolute atomic E-state index is 0.201. The normalized spacial score (nSPS) is 11.3. The molecule has 1 aromatic heterocycles. The largest absolute Gasteiger partial charge is 0.335 e. The first kappa shape index (κ1) is 17.7. The Kier molecular flexibility index (Phi) is 7.43. The van der Waals surface area contributed by atoms with Crippen molar-refractivity contribution >= 4 is 0 Å². The fraction of sp³-hybridized carbons (Fsp3) is 0.750. The number of rotatable bonds is 9. The van der Waals surface area contributed by atoms with Crippen LogP contribution in [0.25, 0.3) is 0 Å². The second-order valence-electron chi connectivity index (χ2n) is 5.74. The van der Waals surface area contributed by atoms with Crippen molar-refractivity contribution < 1.29 is 4.90 Å². The number of hydrogen-bond acceptors (Lipinski definition) is 2. The standard InChI is InChI=1S/C16H29N3O2/c1-5-18(6-2)11-9-7-8-10-12-19-14(3)13-15(20)17(4)16(19)21/h13H,5-12H2,1-4H3/p+1. The smallest absolute Gasteiger partial charge is 0.330 e. The van der Waals surface area contributed by atoms with Crippen molar-refractivity contribution in [3.63, 3.8) is 0 Å². The molecule has 0 fully saturated rings. The van der Waals surface area contributed by atoms with Crippen molar-refractivity contribution in [2.45, 2.75) is 53.0 Å². The lowest BCUT2D eigenvalue weighted by atomic mass is 10.2. The molecule has 1 rings (SSSR count). The van der Waals surface area contributed by atoms with E-state index in [1.54, 1.807) is 9.47 Å². The third kappa shape index (κ3) is 5.16. The summed E-state index contributed by atoms with van der Waals surface area (Å²) in [6, 6.07) is 1.53. The van der Waals surface area contributed by atoms with Crippen molar-refractivity contribution in [2.75, 3.05) is 19.6 Å². The van der Waals surface area contributed by atoms with E-state index < -0.39 is 0 Å². The topological polar surface area (TPSA) is 48.4 Å². The Bertz CT molecular complexity index is 541. The maximum atomic E-state index is 12.0. The van der Waals surface area contributed by atoms with Gasteiger partial charge in [0.15, 0.2) is 0 Å². The number of nitrogens with one attached hydrogen (secondary N) is 1. The second kappa shape index (κ2) is 8.82. The van der Waals surface area contributed by atoms with Gasteiger partial charge in [0.1, 0.15) is 0 Å². The molecule has 0 spiro atoms. The highest BCUT2D eigenvalue weighted by Gasteiger charge is 2.06. The first-order chi connectivity index (χ1) is 10.0. The lowest BCUT2D eigenvalue weighted by Crippen LogP contribution is -3.11. The van der Waals surface area contributed by atoms with Crippen LogP contribution in [0.5, 0.6) is 0 Å². The van der Waals surface area contributed by atoms with E-state index in [-0.39, 0.29) is 11.2 Å². The van der Waals surface area contributed by atoms with Gasteiger partial charge in [0, 0.05) is 25.4 Å². The third-order valence-corrected chi connectivity index (χ3v) is 4.27. The molecule has 0 unspecified atom stereocenters. The molecule has 0 radical (unpaired) electrons. The molecule has 1 heterocycles. The van der Waals surface area contributed by atoms with Gasteiger partial charge in [-0.15, -0.1) is 0 Å². The van der Waals surface area contributed by atoms with Crippen LogP contribution in [-0.2, 0) is 13.6 Å². The highest BCUT2D eigenvalue weighted by Crippen LogP contribution is 2.01. The first-order valence-corrected chi connectivity index (χ1v) is 8.12. The van der Waals surface area contributed by atoms with Crippen molar-refractivity contribution in [3.8, 4) is 0 Å². The van der Waals surface area contributed by atoms with E-state index in [2.05, 4.69) is 13.8 Å². The molecule has 21 heavy (non-hydrogen) atoms. The van der Waals surface area contributed by atoms with Crippen LogP contribution in [0.1, 0.15) is 45.2 Å². The summed E-state index contributed by atoms with van der Waals surface area (Å²) in [5.41, 5.74) is 0.333. The van der Waals surface area contributed by atoms with Crippen molar-refractivity contribution in [1.29, 1.82) is 0 Å². The Balaban J connectivity index is 2.39. The van der Waals surface area contributed by atoms with Crippen LogP contribution in [-0.4, -0.2) is 28.8 Å². The van der Waals surface area contributed by atoms with Crippen molar-refractivity contribution in [2.24, 2.45) is 7.05 Å². The molecule has 0 saturated carbocycles. The summed E-state index contributed by atoms with van der Waals surface area (Å²) in [5, 5.41) is 0. The lowest BCUT2D eigenvalue weighted by molar-refractivity contribution is -0.896. The van der Waals surface area contributed by atoms with E-state index in [0.29, 0.717) is 6.54 Å². The number of quaternary nitrogens is 1. The van der Waals surface area contributed by atoms with Crippen molar-refractivity contribution in [3.05, 3.63) is 32.6 Å². The molecular formula is C16H30N3O2+. The zero-order valence-electron chi connectivity index (χ0n) is 13.9. The number of unbranched alkanes of at least 4 members (excludes halogenated alkanes) is 3. The van der Waals surface area contributed by atoms with E-state index in [9.17, 15) is 9.59 Å². The van der Waals surface area contributed by atoms with E-state index in [1.807, 2.05) is 6.92 Å². The van der Waals surface area contributed by atoms with Gasteiger partial charge in [-0.25, -0.2) is 4.79 Å². The van der Waals surface area contributed by atoms with E-state index in [0.717, 1.165) is 18.5 Å². The minimum atomic E-state index is -0.226. The van der Waals surface area contributed by atoms with Crippen LogP contribution < -0.4 is 16.1 Å². The molecule has 0 amide bonds. The number of aromatic nitrogens is 2. The molecule has 120 valence electrons. The van der Waals surface area contributed by atoms with Gasteiger partial charge in [-0.3, -0.25) is 13.9 Å². The molecule has 0 aliphatic carbocycles. The first-order valence-electron chi connectivity index (χ1n) is 8.12. The maximum absolute atomic E-state index is 12.0. The predicted molar refractivity (Wildman–Crippen MR) is 86.1 cm³/mol. The summed E-state index contributed by atoms with van der Waals surface area (Å²) < 4.78 is 2.88. The van der Waals surface area contributed by atoms with Gasteiger partial charge >= 0.3 is 5.69 Å². The Morgan fingerprint density at radius 3 is 2.29 bits per heavy atom. The van der Waals surface area contributed by atoms with Crippen LogP contribution in [0, 0.1) is 6.92 Å². The molecule has 5 nitrogen and oxygen atoms in total. The molecule has 0 atom stereocenters. The summed E-state index contributed by atoms with van der Waals surface area (Å²) in [6.45, 7) is 10.6. The monoisotopic (exact) mass is 296 g/mol. The third-order valence-electron chi connectivity index (χ3n) is 4.27. The zero-order valence-corrected chi connectivity index (χ0v) is 13.9. The highest BCUT2D eigenvalue weighted by atomic mass is 16.2. The van der Waals surface area contributed by atoms with Crippen LogP contribution in [0.4, 0.5) is 0 Å². The Morgan fingerprint density at radius 1 is 1.05 bits per heavy atom. The average molecular weight is 296 g/mol. The summed E-state index contributed by atoms with van der Waals surface area (Å²) in [4.78, 5) is 25.2. The Hall–Kier alpha value is -1.36. The van der Waals surface area contributed by atoms with Gasteiger partial charge in [-0.1, -0.05) is 6.42 Å². The van der Waals surface area contributed by atoms with Gasteiger partial charge in [0.2, 0.25) is 0 Å². The van der Waals surface area contributed by atoms with Gasteiger partial charge < -0.3 is 4.90 Å². The van der Waals surface area contributed by atoms with Crippen LogP contribution in [0.3, 0.4) is 0 Å². The quantitative estimate of drug-likeness (QED) is 0.668. The van der Waals surface area contributed by atoms with E-state index in [1.165, 1.54) is 50.2 Å². The number of hydrogen-bond donors (Lipinski definition) is 1. The summed E-state index contributed by atoms with van der Waals surface area (Å²) >= 11 is 0. The van der Waals surface area contributed by atoms with Crippen molar-refractivity contribution in [1.82, 2.24) is 9.13 Å². The SMILES string of the molecule is CC[NH+](CC)CCCCCCn1c(C)cc(=O)n(C)c1=O. The fourth-order valence-electron chi connectivity index (χ4n) is 2.65. The highest BCUT2D eigenvalue weighted by molar-refractivity contribution is 4.99. The van der Waals surface area contributed by atoms with Gasteiger partial charge in [-0.05, 0) is 40.0 Å². The average Bonchev–Trinajstić information content (AvgIpc) is 2.47. The zero-order chi connectivity index (χ0) is 15.8. The molecular weight excluding hydrogens is 266 g/mol. The van der Waals surface area contributed by atoms with Crippen LogP contribution in [0.2, 0.25) is 0 Å². The Labute approximate surface area is 127 Å². The fourth-order valence-corrected chi connectivity index (χ4v) is 2.65. The molecule has 0 aliphatic heterocycles. The van der Waals surface area contributed by atoms with Gasteiger partial charge in [-0.2, -0.15) is 0 Å². The molecule has 0 aliphatic rings. The number of nitrogens with zero attached hydrogens (tertiary/aromatic N) is 2. The summed E-state index contributed by atoms with van der Waals surface area (Å²) in [7, 11) is 1.54. The molecule has 0 aromatic carbocycles. The molecule has 5 heteroatoms. The Morgan fingerprint density at radius 2 is 1.67 bits per heavy atom. The van der Waals surface area contributed by atoms with Gasteiger partial charge in [0.05, 0.1) is 19.6 Å². The number of aryl methyl sites for hydroxylation is 1. The van der Waals surface area contributed by atoms with E-state index in [4.69, 9.17) is 0 Å². The van der Waals surface area contributed by atoms with E-state index >= 15 is 0 Å². The van der Waals surface area contributed by atoms with Gasteiger partial charge in [0.25, 0.3) is 5.56 Å². The molecule has 1 aromatic rings. The van der Waals surface area contributed by atoms with Crippen LogP contribution >= 0.6 is 0 Å². The summed E-state index contributed by atoms with van der Waals surface area (Å²) in [5.74, 6) is 0. The molecule has 0 saturated heterocycles.